The Bertz CT molecular complexity index is 559. The number of carbonyl (C=O) groups is 2. The number of ether oxygens (including phenoxy) is 1. The minimum Gasteiger partial charge on any atom is -0.484 e. The molecule has 0 aliphatic carbocycles. The number of hydrogen-bond acceptors (Lipinski definition) is 3. The second-order valence-electron chi connectivity index (χ2n) is 6.02. The summed E-state index contributed by atoms with van der Waals surface area (Å²) in [5, 5.41) is 0. The van der Waals surface area contributed by atoms with Crippen LogP contribution < -0.4 is 10.5 Å². The van der Waals surface area contributed by atoms with E-state index < -0.39 is 5.41 Å². The molecule has 2 rings (SSSR count). The zero-order valence-electron chi connectivity index (χ0n) is 13.3. The van der Waals surface area contributed by atoms with Gasteiger partial charge in [-0.05, 0) is 43.9 Å². The number of benzene rings is 1. The van der Waals surface area contributed by atoms with Crippen LogP contribution in [0.15, 0.2) is 24.3 Å². The highest BCUT2D eigenvalue weighted by Crippen LogP contribution is 2.33. The molecule has 1 aliphatic rings. The van der Waals surface area contributed by atoms with E-state index in [1.165, 1.54) is 0 Å². The molecule has 1 atom stereocenters. The van der Waals surface area contributed by atoms with Gasteiger partial charge >= 0.3 is 0 Å². The highest BCUT2D eigenvalue weighted by atomic mass is 16.5. The van der Waals surface area contributed by atoms with Crippen LogP contribution >= 0.6 is 0 Å². The number of rotatable bonds is 5. The molecule has 1 unspecified atom stereocenters. The van der Waals surface area contributed by atoms with Gasteiger partial charge in [-0.2, -0.15) is 0 Å². The molecule has 2 N–H and O–H groups in total. The molecular weight excluding hydrogens is 280 g/mol. The molecule has 1 aliphatic heterocycles. The van der Waals surface area contributed by atoms with Crippen LogP contribution in [0.2, 0.25) is 0 Å². The molecule has 22 heavy (non-hydrogen) atoms. The smallest absolute Gasteiger partial charge is 0.260 e. The fourth-order valence-electron chi connectivity index (χ4n) is 2.95. The third kappa shape index (κ3) is 3.59. The molecule has 120 valence electrons. The Kier molecular flexibility index (Phi) is 5.06. The van der Waals surface area contributed by atoms with Gasteiger partial charge in [-0.3, -0.25) is 9.59 Å². The van der Waals surface area contributed by atoms with Gasteiger partial charge in [0.05, 0.1) is 5.41 Å². The Morgan fingerprint density at radius 2 is 2.18 bits per heavy atom. The van der Waals surface area contributed by atoms with Gasteiger partial charge in [-0.25, -0.2) is 0 Å². The Morgan fingerprint density at radius 3 is 2.82 bits per heavy atom. The van der Waals surface area contributed by atoms with Crippen LogP contribution in [0.4, 0.5) is 0 Å². The van der Waals surface area contributed by atoms with E-state index in [9.17, 15) is 9.59 Å². The molecular formula is C17H24N2O3. The van der Waals surface area contributed by atoms with E-state index in [4.69, 9.17) is 10.5 Å². The number of amides is 2. The summed E-state index contributed by atoms with van der Waals surface area (Å²) in [5.74, 6) is 0.273. The first-order valence-corrected chi connectivity index (χ1v) is 7.74. The summed E-state index contributed by atoms with van der Waals surface area (Å²) in [6.45, 7) is 4.96. The maximum atomic E-state index is 12.3. The van der Waals surface area contributed by atoms with Gasteiger partial charge in [0.25, 0.3) is 5.91 Å². The summed E-state index contributed by atoms with van der Waals surface area (Å²) in [4.78, 5) is 25.8. The van der Waals surface area contributed by atoms with E-state index in [1.807, 2.05) is 38.1 Å². The summed E-state index contributed by atoms with van der Waals surface area (Å²) in [5.41, 5.74) is 6.05. The van der Waals surface area contributed by atoms with Crippen LogP contribution in [0.5, 0.6) is 5.75 Å². The number of likely N-dealkylation sites (tertiary alicyclic amines) is 1. The second kappa shape index (κ2) is 6.81. The molecule has 1 fully saturated rings. The van der Waals surface area contributed by atoms with Crippen molar-refractivity contribution >= 4 is 11.8 Å². The van der Waals surface area contributed by atoms with E-state index in [0.29, 0.717) is 25.3 Å². The highest BCUT2D eigenvalue weighted by molar-refractivity contribution is 5.83. The van der Waals surface area contributed by atoms with Crippen molar-refractivity contribution in [2.24, 2.45) is 11.1 Å². The molecule has 0 aromatic heterocycles. The first-order chi connectivity index (χ1) is 10.5. The fourth-order valence-corrected chi connectivity index (χ4v) is 2.95. The van der Waals surface area contributed by atoms with Crippen molar-refractivity contribution in [3.8, 4) is 5.75 Å². The average molecular weight is 304 g/mol. The monoisotopic (exact) mass is 304 g/mol. The largest absolute Gasteiger partial charge is 0.484 e. The fraction of sp³-hybridized carbons (Fsp3) is 0.529. The minimum absolute atomic E-state index is 0.0119. The Morgan fingerprint density at radius 1 is 1.41 bits per heavy atom. The van der Waals surface area contributed by atoms with Crippen molar-refractivity contribution < 1.29 is 14.3 Å². The molecule has 1 aromatic carbocycles. The predicted octanol–water partition coefficient (Wildman–Crippen LogP) is 1.88. The van der Waals surface area contributed by atoms with Gasteiger partial charge in [-0.1, -0.05) is 19.1 Å². The number of nitrogens with two attached hydrogens (primary N) is 1. The molecule has 0 bridgehead atoms. The van der Waals surface area contributed by atoms with E-state index >= 15 is 0 Å². The van der Waals surface area contributed by atoms with Crippen LogP contribution in [-0.4, -0.2) is 36.4 Å². The van der Waals surface area contributed by atoms with Crippen molar-refractivity contribution in [1.29, 1.82) is 0 Å². The summed E-state index contributed by atoms with van der Waals surface area (Å²) < 4.78 is 5.56. The van der Waals surface area contributed by atoms with Crippen molar-refractivity contribution in [2.45, 2.75) is 33.1 Å². The van der Waals surface area contributed by atoms with Crippen LogP contribution in [0.25, 0.3) is 0 Å². The molecule has 1 saturated heterocycles. The van der Waals surface area contributed by atoms with E-state index in [0.717, 1.165) is 18.4 Å². The first kappa shape index (κ1) is 16.3. The third-order valence-electron chi connectivity index (χ3n) is 4.48. The van der Waals surface area contributed by atoms with Gasteiger partial charge in [-0.15, -0.1) is 0 Å². The Hall–Kier alpha value is -2.04. The number of primary amides is 1. The quantitative estimate of drug-likeness (QED) is 0.902. The number of aryl methyl sites for hydroxylation is 1. The van der Waals surface area contributed by atoms with Crippen LogP contribution in [0.1, 0.15) is 31.7 Å². The van der Waals surface area contributed by atoms with Crippen molar-refractivity contribution in [3.63, 3.8) is 0 Å². The van der Waals surface area contributed by atoms with Crippen molar-refractivity contribution in [2.75, 3.05) is 19.7 Å². The predicted molar refractivity (Wildman–Crippen MR) is 84.4 cm³/mol. The van der Waals surface area contributed by atoms with E-state index in [-0.39, 0.29) is 18.4 Å². The van der Waals surface area contributed by atoms with E-state index in [1.54, 1.807) is 4.90 Å². The average Bonchev–Trinajstić information content (AvgIpc) is 2.52. The SMILES string of the molecule is CCC1(C(N)=O)CCCN(C(=O)COc2cccc(C)c2)C1. The van der Waals surface area contributed by atoms with Gasteiger partial charge in [0.2, 0.25) is 5.91 Å². The van der Waals surface area contributed by atoms with Crippen molar-refractivity contribution in [1.82, 2.24) is 4.90 Å². The summed E-state index contributed by atoms with van der Waals surface area (Å²) >= 11 is 0. The van der Waals surface area contributed by atoms with Crippen molar-refractivity contribution in [3.05, 3.63) is 29.8 Å². The van der Waals surface area contributed by atoms with Crippen LogP contribution in [-0.2, 0) is 9.59 Å². The van der Waals surface area contributed by atoms with E-state index in [2.05, 4.69) is 0 Å². The molecule has 5 nitrogen and oxygen atoms in total. The third-order valence-corrected chi connectivity index (χ3v) is 4.48. The van der Waals surface area contributed by atoms with Gasteiger partial charge in [0.1, 0.15) is 5.75 Å². The zero-order chi connectivity index (χ0) is 16.2. The first-order valence-electron chi connectivity index (χ1n) is 7.74. The Labute approximate surface area is 131 Å². The maximum Gasteiger partial charge on any atom is 0.260 e. The molecule has 0 radical (unpaired) electrons. The number of hydrogen-bond donors (Lipinski definition) is 1. The number of piperidine rings is 1. The molecule has 2 amide bonds. The topological polar surface area (TPSA) is 72.6 Å². The summed E-state index contributed by atoms with van der Waals surface area (Å²) in [6, 6.07) is 7.59. The molecule has 0 spiro atoms. The lowest BCUT2D eigenvalue weighted by Crippen LogP contribution is -2.52. The van der Waals surface area contributed by atoms with Gasteiger partial charge < -0.3 is 15.4 Å². The molecule has 1 aromatic rings. The van der Waals surface area contributed by atoms with Crippen LogP contribution in [0, 0.1) is 12.3 Å². The Balaban J connectivity index is 1.96. The lowest BCUT2D eigenvalue weighted by molar-refractivity contribution is -0.141. The lowest BCUT2D eigenvalue weighted by Gasteiger charge is -2.40. The van der Waals surface area contributed by atoms with Gasteiger partial charge in [0.15, 0.2) is 6.61 Å². The minimum atomic E-state index is -0.586. The van der Waals surface area contributed by atoms with Crippen LogP contribution in [0.3, 0.4) is 0 Å². The molecule has 5 heteroatoms. The second-order valence-corrected chi connectivity index (χ2v) is 6.02. The summed E-state index contributed by atoms with van der Waals surface area (Å²) in [6.07, 6.45) is 2.21. The molecule has 1 heterocycles. The lowest BCUT2D eigenvalue weighted by atomic mass is 9.77. The molecule has 0 saturated carbocycles. The number of carbonyl (C=O) groups excluding carboxylic acids is 2. The standard InChI is InChI=1S/C17H24N2O3/c1-3-17(16(18)21)8-5-9-19(12-17)15(20)11-22-14-7-4-6-13(2)10-14/h4,6-7,10H,3,5,8-9,11-12H2,1-2H3,(H2,18,21). The maximum absolute atomic E-state index is 12.3. The highest BCUT2D eigenvalue weighted by Gasteiger charge is 2.40. The summed E-state index contributed by atoms with van der Waals surface area (Å²) in [7, 11) is 0. The number of nitrogens with zero attached hydrogens (tertiary/aromatic N) is 1. The normalized spacial score (nSPS) is 21.5. The zero-order valence-corrected chi connectivity index (χ0v) is 13.3. The van der Waals surface area contributed by atoms with Gasteiger partial charge in [0, 0.05) is 13.1 Å².